The first-order valence-corrected chi connectivity index (χ1v) is 6.86. The second-order valence-corrected chi connectivity index (χ2v) is 5.12. The number of methoxy groups -OCH3 is 1. The maximum absolute atomic E-state index is 5.73. The lowest BCUT2D eigenvalue weighted by molar-refractivity contribution is -0.0645. The lowest BCUT2D eigenvalue weighted by Gasteiger charge is -2.34. The maximum Gasteiger partial charge on any atom is 0.126 e. The van der Waals surface area contributed by atoms with E-state index in [0.29, 0.717) is 12.2 Å². The van der Waals surface area contributed by atoms with Crippen molar-refractivity contribution in [2.75, 3.05) is 26.7 Å². The molecule has 1 aromatic rings. The first-order chi connectivity index (χ1) is 9.19. The Balaban J connectivity index is 1.92. The van der Waals surface area contributed by atoms with E-state index < -0.39 is 0 Å². The number of para-hydroxylation sites is 1. The Morgan fingerprint density at radius 3 is 2.63 bits per heavy atom. The Hall–Kier alpha value is -1.32. The van der Waals surface area contributed by atoms with E-state index in [-0.39, 0.29) is 0 Å². The summed E-state index contributed by atoms with van der Waals surface area (Å²) < 4.78 is 11.1. The van der Waals surface area contributed by atoms with E-state index in [4.69, 9.17) is 9.47 Å². The molecule has 1 aliphatic rings. The number of hydrogen-bond acceptors (Lipinski definition) is 3. The van der Waals surface area contributed by atoms with Crippen molar-refractivity contribution in [2.24, 2.45) is 0 Å². The molecule has 0 saturated carbocycles. The van der Waals surface area contributed by atoms with Crippen LogP contribution >= 0.6 is 0 Å². The van der Waals surface area contributed by atoms with Crippen molar-refractivity contribution in [3.05, 3.63) is 35.9 Å². The summed E-state index contributed by atoms with van der Waals surface area (Å²) in [6.45, 7) is 7.22. The first-order valence-electron chi connectivity index (χ1n) is 6.86. The van der Waals surface area contributed by atoms with Crippen LogP contribution in [0.3, 0.4) is 0 Å². The van der Waals surface area contributed by atoms with Crippen molar-refractivity contribution in [1.82, 2.24) is 4.90 Å². The van der Waals surface area contributed by atoms with Gasteiger partial charge in [0, 0.05) is 25.2 Å². The lowest BCUT2D eigenvalue weighted by Crippen LogP contribution is -2.45. The highest BCUT2D eigenvalue weighted by Gasteiger charge is 2.20. The molecule has 1 heterocycles. The predicted molar refractivity (Wildman–Crippen MR) is 78.5 cm³/mol. The Bertz CT molecular complexity index is 421. The van der Waals surface area contributed by atoms with Crippen molar-refractivity contribution in [3.8, 4) is 5.75 Å². The molecule has 0 aliphatic carbocycles. The first kappa shape index (κ1) is 14.1. The van der Waals surface area contributed by atoms with E-state index in [1.165, 1.54) is 0 Å². The number of hydrogen-bond donors (Lipinski definition) is 0. The van der Waals surface area contributed by atoms with Crippen LogP contribution in [-0.4, -0.2) is 43.9 Å². The van der Waals surface area contributed by atoms with E-state index in [9.17, 15) is 0 Å². The predicted octanol–water partition coefficient (Wildman–Crippen LogP) is 2.82. The number of morpholine rings is 1. The Kier molecular flexibility index (Phi) is 5.00. The van der Waals surface area contributed by atoms with Gasteiger partial charge in [0.05, 0.1) is 19.3 Å². The molecule has 2 atom stereocenters. The zero-order valence-corrected chi connectivity index (χ0v) is 12.0. The largest absolute Gasteiger partial charge is 0.496 e. The number of benzene rings is 1. The van der Waals surface area contributed by atoms with Crippen molar-refractivity contribution >= 4 is 6.08 Å². The van der Waals surface area contributed by atoms with Crippen molar-refractivity contribution in [2.45, 2.75) is 26.1 Å². The summed E-state index contributed by atoms with van der Waals surface area (Å²) in [5.74, 6) is 0.919. The van der Waals surface area contributed by atoms with Crippen LogP contribution in [0.4, 0.5) is 0 Å². The van der Waals surface area contributed by atoms with Crippen LogP contribution in [0.5, 0.6) is 5.75 Å². The highest BCUT2D eigenvalue weighted by atomic mass is 16.5. The maximum atomic E-state index is 5.73. The summed E-state index contributed by atoms with van der Waals surface area (Å²) in [5, 5.41) is 0. The molecule has 1 aromatic carbocycles. The van der Waals surface area contributed by atoms with Gasteiger partial charge in [-0.15, -0.1) is 0 Å². The standard InChI is InChI=1S/C16H23NO2/c1-13-11-17(12-14(2)19-13)10-6-8-15-7-4-5-9-16(15)18-3/h4-9,13-14H,10-12H2,1-3H3. The Morgan fingerprint density at radius 1 is 1.26 bits per heavy atom. The quantitative estimate of drug-likeness (QED) is 0.832. The molecule has 1 saturated heterocycles. The summed E-state index contributed by atoms with van der Waals surface area (Å²) in [4.78, 5) is 2.42. The minimum absolute atomic E-state index is 0.323. The average molecular weight is 261 g/mol. The van der Waals surface area contributed by atoms with Gasteiger partial charge in [0.1, 0.15) is 5.75 Å². The molecule has 0 amide bonds. The van der Waals surface area contributed by atoms with Gasteiger partial charge in [0.25, 0.3) is 0 Å². The van der Waals surface area contributed by atoms with Crippen LogP contribution in [0.25, 0.3) is 6.08 Å². The normalized spacial score (nSPS) is 24.8. The van der Waals surface area contributed by atoms with Crippen molar-refractivity contribution in [3.63, 3.8) is 0 Å². The molecule has 0 bridgehead atoms. The molecule has 3 heteroatoms. The highest BCUT2D eigenvalue weighted by Crippen LogP contribution is 2.18. The fraction of sp³-hybridized carbons (Fsp3) is 0.500. The van der Waals surface area contributed by atoms with Gasteiger partial charge < -0.3 is 9.47 Å². The molecule has 0 aromatic heterocycles. The van der Waals surface area contributed by atoms with Crippen LogP contribution in [-0.2, 0) is 4.74 Å². The Morgan fingerprint density at radius 2 is 1.95 bits per heavy atom. The van der Waals surface area contributed by atoms with Gasteiger partial charge in [0.15, 0.2) is 0 Å². The molecule has 1 aliphatic heterocycles. The summed E-state index contributed by atoms with van der Waals surface area (Å²) in [6, 6.07) is 8.07. The molecule has 2 unspecified atom stereocenters. The number of rotatable bonds is 4. The molecule has 0 spiro atoms. The third kappa shape index (κ3) is 4.08. The molecule has 0 radical (unpaired) electrons. The van der Waals surface area contributed by atoms with Gasteiger partial charge in [-0.05, 0) is 19.9 Å². The smallest absolute Gasteiger partial charge is 0.126 e. The second kappa shape index (κ2) is 6.73. The summed E-state index contributed by atoms with van der Waals surface area (Å²) >= 11 is 0. The van der Waals surface area contributed by atoms with E-state index in [2.05, 4.69) is 37.0 Å². The van der Waals surface area contributed by atoms with Crippen molar-refractivity contribution < 1.29 is 9.47 Å². The molecule has 3 nitrogen and oxygen atoms in total. The minimum atomic E-state index is 0.323. The van der Waals surface area contributed by atoms with Gasteiger partial charge >= 0.3 is 0 Å². The fourth-order valence-electron chi connectivity index (χ4n) is 2.57. The van der Waals surface area contributed by atoms with E-state index in [0.717, 1.165) is 30.9 Å². The zero-order chi connectivity index (χ0) is 13.7. The minimum Gasteiger partial charge on any atom is -0.496 e. The average Bonchev–Trinajstić information content (AvgIpc) is 2.38. The van der Waals surface area contributed by atoms with Gasteiger partial charge in [0.2, 0.25) is 0 Å². The lowest BCUT2D eigenvalue weighted by atomic mass is 10.2. The van der Waals surface area contributed by atoms with Crippen LogP contribution in [0, 0.1) is 0 Å². The monoisotopic (exact) mass is 261 g/mol. The van der Waals surface area contributed by atoms with Gasteiger partial charge in [-0.2, -0.15) is 0 Å². The van der Waals surface area contributed by atoms with Crippen LogP contribution in [0.1, 0.15) is 19.4 Å². The summed E-state index contributed by atoms with van der Waals surface area (Å²) in [6.07, 6.45) is 4.97. The Labute approximate surface area is 115 Å². The van der Waals surface area contributed by atoms with E-state index in [1.807, 2.05) is 18.2 Å². The third-order valence-electron chi connectivity index (χ3n) is 3.30. The molecule has 1 fully saturated rings. The van der Waals surface area contributed by atoms with Gasteiger partial charge in [-0.25, -0.2) is 0 Å². The molecular weight excluding hydrogens is 238 g/mol. The molecule has 2 rings (SSSR count). The third-order valence-corrected chi connectivity index (χ3v) is 3.30. The molecule has 19 heavy (non-hydrogen) atoms. The SMILES string of the molecule is COc1ccccc1C=CCN1CC(C)OC(C)C1. The second-order valence-electron chi connectivity index (χ2n) is 5.12. The van der Waals surface area contributed by atoms with Gasteiger partial charge in [-0.3, -0.25) is 4.90 Å². The van der Waals surface area contributed by atoms with Crippen LogP contribution in [0.15, 0.2) is 30.3 Å². The molecule has 0 N–H and O–H groups in total. The number of ether oxygens (including phenoxy) is 2. The topological polar surface area (TPSA) is 21.7 Å². The molecule has 104 valence electrons. The summed E-state index contributed by atoms with van der Waals surface area (Å²) in [7, 11) is 1.71. The molecular formula is C16H23NO2. The number of nitrogens with zero attached hydrogens (tertiary/aromatic N) is 1. The van der Waals surface area contributed by atoms with Crippen molar-refractivity contribution in [1.29, 1.82) is 0 Å². The van der Waals surface area contributed by atoms with E-state index >= 15 is 0 Å². The van der Waals surface area contributed by atoms with Crippen LogP contribution < -0.4 is 4.74 Å². The summed E-state index contributed by atoms with van der Waals surface area (Å²) in [5.41, 5.74) is 1.12. The zero-order valence-electron chi connectivity index (χ0n) is 12.0. The fourth-order valence-corrected chi connectivity index (χ4v) is 2.57. The highest BCUT2D eigenvalue weighted by molar-refractivity contribution is 5.57. The van der Waals surface area contributed by atoms with Gasteiger partial charge in [-0.1, -0.05) is 30.4 Å². The van der Waals surface area contributed by atoms with Crippen LogP contribution in [0.2, 0.25) is 0 Å². The van der Waals surface area contributed by atoms with E-state index in [1.54, 1.807) is 7.11 Å².